The van der Waals surface area contributed by atoms with Gasteiger partial charge in [0.05, 0.1) is 5.37 Å². The van der Waals surface area contributed by atoms with E-state index in [1.165, 1.54) is 0 Å². The molecular weight excluding hydrogens is 288 g/mol. The topological polar surface area (TPSA) is 60.9 Å². The van der Waals surface area contributed by atoms with E-state index in [0.29, 0.717) is 11.8 Å². The highest BCUT2D eigenvalue weighted by Gasteiger charge is 2.45. The molecule has 0 aromatic rings. The minimum atomic E-state index is -0.874. The van der Waals surface area contributed by atoms with Crippen molar-refractivity contribution in [3.8, 4) is 0 Å². The highest BCUT2D eigenvalue weighted by molar-refractivity contribution is 8.00. The van der Waals surface area contributed by atoms with E-state index < -0.39 is 12.0 Å². The third-order valence-corrected chi connectivity index (χ3v) is 5.48. The minimum Gasteiger partial charge on any atom is -0.480 e. The van der Waals surface area contributed by atoms with E-state index in [9.17, 15) is 14.7 Å². The second-order valence-corrected chi connectivity index (χ2v) is 7.11. The zero-order valence-corrected chi connectivity index (χ0v) is 13.8. The quantitative estimate of drug-likeness (QED) is 0.785. The van der Waals surface area contributed by atoms with E-state index in [1.807, 2.05) is 4.90 Å². The molecule has 0 aromatic heterocycles. The summed E-state index contributed by atoms with van der Waals surface area (Å²) in [5.74, 6) is -0.362. The SMILES string of the molecule is CCCCN(C(=O)N1C(CCC)SCC1C(=O)O)C1CC1. The second kappa shape index (κ2) is 7.38. The molecule has 120 valence electrons. The summed E-state index contributed by atoms with van der Waals surface area (Å²) in [5, 5.41) is 9.42. The van der Waals surface area contributed by atoms with Gasteiger partial charge in [0.25, 0.3) is 0 Å². The first-order valence-corrected chi connectivity index (χ1v) is 9.08. The fraction of sp³-hybridized carbons (Fsp3) is 0.867. The van der Waals surface area contributed by atoms with Crippen molar-refractivity contribution in [2.75, 3.05) is 12.3 Å². The van der Waals surface area contributed by atoms with Gasteiger partial charge in [0.1, 0.15) is 6.04 Å². The Balaban J connectivity index is 2.12. The lowest BCUT2D eigenvalue weighted by Gasteiger charge is -2.33. The first kappa shape index (κ1) is 16.5. The average Bonchev–Trinajstić information content (AvgIpc) is 3.19. The lowest BCUT2D eigenvalue weighted by Crippen LogP contribution is -2.52. The van der Waals surface area contributed by atoms with Gasteiger partial charge in [-0.15, -0.1) is 11.8 Å². The van der Waals surface area contributed by atoms with E-state index in [-0.39, 0.29) is 11.4 Å². The number of rotatable bonds is 7. The van der Waals surface area contributed by atoms with E-state index in [2.05, 4.69) is 13.8 Å². The van der Waals surface area contributed by atoms with Crippen LogP contribution in [0.15, 0.2) is 0 Å². The van der Waals surface area contributed by atoms with E-state index >= 15 is 0 Å². The number of urea groups is 1. The third-order valence-electron chi connectivity index (χ3n) is 4.12. The monoisotopic (exact) mass is 314 g/mol. The van der Waals surface area contributed by atoms with E-state index in [1.54, 1.807) is 16.7 Å². The Labute approximate surface area is 131 Å². The van der Waals surface area contributed by atoms with Gasteiger partial charge in [0.2, 0.25) is 0 Å². The number of carbonyl (C=O) groups is 2. The lowest BCUT2D eigenvalue weighted by molar-refractivity contribution is -0.141. The number of thioether (sulfide) groups is 1. The third kappa shape index (κ3) is 3.84. The molecule has 2 fully saturated rings. The molecule has 0 aromatic carbocycles. The van der Waals surface area contributed by atoms with Crippen LogP contribution in [0.4, 0.5) is 4.79 Å². The molecule has 0 radical (unpaired) electrons. The van der Waals surface area contributed by atoms with Gasteiger partial charge in [-0.05, 0) is 25.7 Å². The van der Waals surface area contributed by atoms with Gasteiger partial charge in [-0.2, -0.15) is 0 Å². The van der Waals surface area contributed by atoms with E-state index in [0.717, 1.165) is 45.1 Å². The lowest BCUT2D eigenvalue weighted by atomic mass is 10.2. The number of hydrogen-bond acceptors (Lipinski definition) is 3. The van der Waals surface area contributed by atoms with Crippen LogP contribution in [-0.4, -0.2) is 56.7 Å². The van der Waals surface area contributed by atoms with Crippen molar-refractivity contribution in [2.24, 2.45) is 0 Å². The zero-order valence-electron chi connectivity index (χ0n) is 13.0. The summed E-state index contributed by atoms with van der Waals surface area (Å²) in [6, 6.07) is -0.380. The minimum absolute atomic E-state index is 0.0199. The number of nitrogens with zero attached hydrogens (tertiary/aromatic N) is 2. The van der Waals surface area contributed by atoms with Crippen LogP contribution >= 0.6 is 11.8 Å². The number of carbonyl (C=O) groups excluding carboxylic acids is 1. The van der Waals surface area contributed by atoms with E-state index in [4.69, 9.17) is 0 Å². The number of aliphatic carboxylic acids is 1. The molecule has 1 aliphatic carbocycles. The van der Waals surface area contributed by atoms with Gasteiger partial charge < -0.3 is 10.0 Å². The first-order chi connectivity index (χ1) is 10.1. The molecule has 2 aliphatic rings. The number of carboxylic acids is 1. The van der Waals surface area contributed by atoms with Crippen molar-refractivity contribution in [1.82, 2.24) is 9.80 Å². The molecule has 1 saturated heterocycles. The highest BCUT2D eigenvalue weighted by atomic mass is 32.2. The van der Waals surface area contributed by atoms with Gasteiger partial charge in [-0.25, -0.2) is 9.59 Å². The summed E-state index contributed by atoms with van der Waals surface area (Å²) < 4.78 is 0. The van der Waals surface area contributed by atoms with Crippen LogP contribution in [0.25, 0.3) is 0 Å². The Bertz CT molecular complexity index is 387. The van der Waals surface area contributed by atoms with Gasteiger partial charge in [0.15, 0.2) is 0 Å². The summed E-state index contributed by atoms with van der Waals surface area (Å²) in [6.45, 7) is 4.95. The van der Waals surface area contributed by atoms with Gasteiger partial charge in [-0.3, -0.25) is 4.90 Å². The summed E-state index contributed by atoms with van der Waals surface area (Å²) in [6.07, 6.45) is 5.99. The Morgan fingerprint density at radius 2 is 2.00 bits per heavy atom. The van der Waals surface area contributed by atoms with Crippen molar-refractivity contribution >= 4 is 23.8 Å². The molecule has 2 atom stereocenters. The first-order valence-electron chi connectivity index (χ1n) is 8.03. The number of carboxylic acid groups (broad SMARTS) is 1. The maximum Gasteiger partial charge on any atom is 0.327 e. The molecule has 0 spiro atoms. The fourth-order valence-electron chi connectivity index (χ4n) is 2.78. The van der Waals surface area contributed by atoms with Crippen molar-refractivity contribution in [2.45, 2.75) is 69.8 Å². The van der Waals surface area contributed by atoms with Gasteiger partial charge in [-0.1, -0.05) is 26.7 Å². The molecule has 1 saturated carbocycles. The van der Waals surface area contributed by atoms with Crippen molar-refractivity contribution in [1.29, 1.82) is 0 Å². The van der Waals surface area contributed by atoms with Crippen molar-refractivity contribution in [3.05, 3.63) is 0 Å². The molecule has 1 heterocycles. The molecule has 2 amide bonds. The fourth-order valence-corrected chi connectivity index (χ4v) is 4.28. The molecule has 21 heavy (non-hydrogen) atoms. The largest absolute Gasteiger partial charge is 0.480 e. The summed E-state index contributed by atoms with van der Waals surface area (Å²) in [7, 11) is 0. The van der Waals surface area contributed by atoms with Crippen LogP contribution in [-0.2, 0) is 4.79 Å². The Morgan fingerprint density at radius 1 is 1.29 bits per heavy atom. The van der Waals surface area contributed by atoms with Crippen molar-refractivity contribution in [3.63, 3.8) is 0 Å². The number of amides is 2. The second-order valence-electron chi connectivity index (χ2n) is 5.90. The van der Waals surface area contributed by atoms with Crippen molar-refractivity contribution < 1.29 is 14.7 Å². The molecule has 2 unspecified atom stereocenters. The Morgan fingerprint density at radius 3 is 2.52 bits per heavy atom. The normalized spacial score (nSPS) is 25.1. The maximum absolute atomic E-state index is 12.9. The van der Waals surface area contributed by atoms with Crippen LogP contribution in [0.2, 0.25) is 0 Å². The standard InChI is InChI=1S/C15H26N2O3S/c1-3-5-9-16(11-7-8-11)15(20)17-12(14(18)19)10-21-13(17)6-4-2/h11-13H,3-10H2,1-2H3,(H,18,19). The molecule has 1 N–H and O–H groups in total. The van der Waals surface area contributed by atoms with Crippen LogP contribution in [0, 0.1) is 0 Å². The van der Waals surface area contributed by atoms with Gasteiger partial charge >= 0.3 is 12.0 Å². The summed E-state index contributed by atoms with van der Waals surface area (Å²) in [5.41, 5.74) is 0. The Hall–Kier alpha value is -0.910. The predicted octanol–water partition coefficient (Wildman–Crippen LogP) is 3.00. The molecule has 5 nitrogen and oxygen atoms in total. The Kier molecular flexibility index (Phi) is 5.79. The molecule has 1 aliphatic heterocycles. The molecular formula is C15H26N2O3S. The number of hydrogen-bond donors (Lipinski definition) is 1. The zero-order chi connectivity index (χ0) is 15.4. The summed E-state index contributed by atoms with van der Waals surface area (Å²) >= 11 is 1.61. The van der Waals surface area contributed by atoms with Crippen LogP contribution in [0.3, 0.4) is 0 Å². The smallest absolute Gasteiger partial charge is 0.327 e. The predicted molar refractivity (Wildman–Crippen MR) is 84.4 cm³/mol. The summed E-state index contributed by atoms with van der Waals surface area (Å²) in [4.78, 5) is 27.9. The van der Waals surface area contributed by atoms with Crippen LogP contribution in [0.1, 0.15) is 52.4 Å². The average molecular weight is 314 g/mol. The van der Waals surface area contributed by atoms with Crippen LogP contribution < -0.4 is 0 Å². The molecule has 0 bridgehead atoms. The number of unbranched alkanes of at least 4 members (excludes halogenated alkanes) is 1. The highest BCUT2D eigenvalue weighted by Crippen LogP contribution is 2.36. The van der Waals surface area contributed by atoms with Crippen LogP contribution in [0.5, 0.6) is 0 Å². The van der Waals surface area contributed by atoms with Gasteiger partial charge in [0, 0.05) is 18.3 Å². The maximum atomic E-state index is 12.9. The molecule has 2 rings (SSSR count). The molecule has 6 heteroatoms.